The van der Waals surface area contributed by atoms with Crippen LogP contribution in [-0.4, -0.2) is 11.7 Å². The summed E-state index contributed by atoms with van der Waals surface area (Å²) in [5.74, 6) is -0.666. The summed E-state index contributed by atoms with van der Waals surface area (Å²) < 4.78 is 5.59. The molecule has 1 aromatic rings. The highest BCUT2D eigenvalue weighted by Gasteiger charge is 2.38. The Morgan fingerprint density at radius 3 is 2.71 bits per heavy atom. The second-order valence-electron chi connectivity index (χ2n) is 4.41. The Morgan fingerprint density at radius 2 is 2.10 bits per heavy atom. The van der Waals surface area contributed by atoms with Crippen molar-refractivity contribution < 1.29 is 4.74 Å². The summed E-state index contributed by atoms with van der Waals surface area (Å²) in [5, 5.41) is 27.2. The van der Waals surface area contributed by atoms with Crippen LogP contribution in [0.1, 0.15) is 18.4 Å². The molecule has 0 aliphatic carbocycles. The van der Waals surface area contributed by atoms with Crippen LogP contribution < -0.4 is 10.5 Å². The Hall–Kier alpha value is -2.44. The molecule has 0 fully saturated rings. The fraction of sp³-hybridized carbons (Fsp3) is 0.267. The third kappa shape index (κ3) is 2.72. The molecule has 5 nitrogen and oxygen atoms in total. The molecule has 0 saturated heterocycles. The maximum absolute atomic E-state index is 9.40. The number of para-hydroxylation sites is 1. The molecule has 21 heavy (non-hydrogen) atoms. The van der Waals surface area contributed by atoms with E-state index < -0.39 is 11.8 Å². The number of hydrogen-bond acceptors (Lipinski definition) is 6. The lowest BCUT2D eigenvalue weighted by molar-refractivity contribution is 0.334. The van der Waals surface area contributed by atoms with E-state index in [9.17, 15) is 10.5 Å². The van der Waals surface area contributed by atoms with Gasteiger partial charge in [0.2, 0.25) is 0 Å². The SMILES string of the molecule is CCOc1ccccc1[C@@H]1C(C#N)=C(N)SC(=N)[C@@H]1C#N. The molecule has 106 valence electrons. The minimum absolute atomic E-state index is 0.158. The number of nitrogens with zero attached hydrogens (tertiary/aromatic N) is 2. The molecule has 2 rings (SSSR count). The number of nitriles is 2. The highest BCUT2D eigenvalue weighted by molar-refractivity contribution is 8.17. The lowest BCUT2D eigenvalue weighted by atomic mass is 9.81. The molecule has 1 heterocycles. The lowest BCUT2D eigenvalue weighted by Gasteiger charge is -2.28. The Kier molecular flexibility index (Phi) is 4.52. The molecule has 0 radical (unpaired) electrons. The first-order valence-electron chi connectivity index (χ1n) is 6.41. The number of benzene rings is 1. The number of allylic oxidation sites excluding steroid dienone is 1. The molecule has 2 atom stereocenters. The zero-order chi connectivity index (χ0) is 15.4. The average molecular weight is 298 g/mol. The second kappa shape index (κ2) is 6.34. The van der Waals surface area contributed by atoms with Crippen LogP contribution in [0, 0.1) is 34.0 Å². The first-order chi connectivity index (χ1) is 10.1. The van der Waals surface area contributed by atoms with Crippen molar-refractivity contribution in [1.29, 1.82) is 15.9 Å². The minimum atomic E-state index is -0.724. The standard InChI is InChI=1S/C15H14N4OS/c1-2-20-12-6-4-3-5-9(12)13-10(7-16)14(18)21-15(19)11(13)8-17/h3-6,10,13,18H,2,19H2,1H3/t10-,13+/m1/s1. The van der Waals surface area contributed by atoms with Crippen LogP contribution in [0.15, 0.2) is 34.9 Å². The van der Waals surface area contributed by atoms with Crippen molar-refractivity contribution in [3.05, 3.63) is 40.4 Å². The van der Waals surface area contributed by atoms with Crippen molar-refractivity contribution in [3.8, 4) is 17.9 Å². The molecular weight excluding hydrogens is 284 g/mol. The summed E-state index contributed by atoms with van der Waals surface area (Å²) in [4.78, 5) is 0. The van der Waals surface area contributed by atoms with E-state index in [1.807, 2.05) is 25.1 Å². The van der Waals surface area contributed by atoms with Crippen molar-refractivity contribution in [2.45, 2.75) is 12.8 Å². The zero-order valence-corrected chi connectivity index (χ0v) is 12.3. The monoisotopic (exact) mass is 298 g/mol. The Bertz CT molecular complexity index is 684. The molecule has 1 aromatic carbocycles. The van der Waals surface area contributed by atoms with Crippen LogP contribution in [-0.2, 0) is 0 Å². The highest BCUT2D eigenvalue weighted by Crippen LogP contribution is 2.45. The Labute approximate surface area is 127 Å². The second-order valence-corrected chi connectivity index (χ2v) is 5.50. The van der Waals surface area contributed by atoms with Crippen LogP contribution in [0.25, 0.3) is 0 Å². The molecule has 0 bridgehead atoms. The van der Waals surface area contributed by atoms with Gasteiger partial charge in [-0.1, -0.05) is 30.0 Å². The zero-order valence-electron chi connectivity index (χ0n) is 11.5. The van der Waals surface area contributed by atoms with Gasteiger partial charge >= 0.3 is 0 Å². The van der Waals surface area contributed by atoms with E-state index in [0.29, 0.717) is 17.9 Å². The average Bonchev–Trinajstić information content (AvgIpc) is 2.47. The molecule has 6 heteroatoms. The van der Waals surface area contributed by atoms with Crippen molar-refractivity contribution >= 4 is 16.8 Å². The van der Waals surface area contributed by atoms with Crippen molar-refractivity contribution in [1.82, 2.24) is 0 Å². The Morgan fingerprint density at radius 1 is 1.38 bits per heavy atom. The summed E-state index contributed by atoms with van der Waals surface area (Å²) in [6, 6.07) is 11.5. The van der Waals surface area contributed by atoms with E-state index in [-0.39, 0.29) is 10.1 Å². The molecule has 1 aliphatic rings. The van der Waals surface area contributed by atoms with Crippen molar-refractivity contribution in [2.75, 3.05) is 6.61 Å². The predicted octanol–water partition coefficient (Wildman–Crippen LogP) is 2.73. The van der Waals surface area contributed by atoms with E-state index in [2.05, 4.69) is 12.1 Å². The normalized spacial score (nSPS) is 21.6. The van der Waals surface area contributed by atoms with Gasteiger partial charge in [-0.3, -0.25) is 5.41 Å². The first-order valence-corrected chi connectivity index (χ1v) is 7.23. The Balaban J connectivity index is 2.63. The molecule has 0 saturated carbocycles. The molecule has 0 aromatic heterocycles. The fourth-order valence-electron chi connectivity index (χ4n) is 2.33. The van der Waals surface area contributed by atoms with Gasteiger partial charge in [-0.05, 0) is 13.0 Å². The first kappa shape index (κ1) is 15.0. The third-order valence-electron chi connectivity index (χ3n) is 3.23. The van der Waals surface area contributed by atoms with Crippen LogP contribution >= 0.6 is 11.8 Å². The number of thioether (sulfide) groups is 1. The van der Waals surface area contributed by atoms with Gasteiger partial charge < -0.3 is 10.5 Å². The van der Waals surface area contributed by atoms with Gasteiger partial charge in [-0.15, -0.1) is 0 Å². The van der Waals surface area contributed by atoms with Gasteiger partial charge in [-0.25, -0.2) is 0 Å². The molecule has 0 amide bonds. The van der Waals surface area contributed by atoms with Crippen LogP contribution in [0.3, 0.4) is 0 Å². The molecule has 0 unspecified atom stereocenters. The number of rotatable bonds is 3. The highest BCUT2D eigenvalue weighted by atomic mass is 32.2. The van der Waals surface area contributed by atoms with Crippen molar-refractivity contribution in [2.24, 2.45) is 11.7 Å². The topological polar surface area (TPSA) is 107 Å². The summed E-state index contributed by atoms with van der Waals surface area (Å²) in [6.07, 6.45) is 0. The molecular formula is C15H14N4OS. The van der Waals surface area contributed by atoms with Crippen LogP contribution in [0.5, 0.6) is 5.75 Å². The third-order valence-corrected chi connectivity index (χ3v) is 4.14. The van der Waals surface area contributed by atoms with E-state index in [4.69, 9.17) is 15.9 Å². The number of nitrogens with two attached hydrogens (primary N) is 1. The van der Waals surface area contributed by atoms with E-state index in [1.165, 1.54) is 0 Å². The lowest BCUT2D eigenvalue weighted by Crippen LogP contribution is -2.27. The minimum Gasteiger partial charge on any atom is -0.494 e. The van der Waals surface area contributed by atoms with Gasteiger partial charge in [0.1, 0.15) is 11.7 Å². The van der Waals surface area contributed by atoms with Crippen LogP contribution in [0.4, 0.5) is 0 Å². The van der Waals surface area contributed by atoms with Gasteiger partial charge in [0.25, 0.3) is 0 Å². The van der Waals surface area contributed by atoms with Gasteiger partial charge in [0.05, 0.1) is 34.4 Å². The molecule has 0 spiro atoms. The van der Waals surface area contributed by atoms with Crippen molar-refractivity contribution in [3.63, 3.8) is 0 Å². The summed E-state index contributed by atoms with van der Waals surface area (Å²) in [7, 11) is 0. The smallest absolute Gasteiger partial charge is 0.123 e. The maximum Gasteiger partial charge on any atom is 0.123 e. The van der Waals surface area contributed by atoms with E-state index in [0.717, 1.165) is 17.3 Å². The number of hydrogen-bond donors (Lipinski definition) is 2. The van der Waals surface area contributed by atoms with Crippen LogP contribution in [0.2, 0.25) is 0 Å². The number of nitrogens with one attached hydrogen (secondary N) is 1. The quantitative estimate of drug-likeness (QED) is 0.892. The van der Waals surface area contributed by atoms with E-state index >= 15 is 0 Å². The fourth-order valence-corrected chi connectivity index (χ4v) is 3.16. The molecule has 1 aliphatic heterocycles. The summed E-state index contributed by atoms with van der Waals surface area (Å²) in [5.41, 5.74) is 6.92. The summed E-state index contributed by atoms with van der Waals surface area (Å²) >= 11 is 0.979. The largest absolute Gasteiger partial charge is 0.494 e. The predicted molar refractivity (Wildman–Crippen MR) is 81.6 cm³/mol. The van der Waals surface area contributed by atoms with Gasteiger partial charge in [0, 0.05) is 11.5 Å². The van der Waals surface area contributed by atoms with Gasteiger partial charge in [-0.2, -0.15) is 10.5 Å². The van der Waals surface area contributed by atoms with E-state index in [1.54, 1.807) is 6.07 Å². The summed E-state index contributed by atoms with van der Waals surface area (Å²) in [6.45, 7) is 2.35. The molecule has 3 N–H and O–H groups in total. The maximum atomic E-state index is 9.40. The van der Waals surface area contributed by atoms with Gasteiger partial charge in [0.15, 0.2) is 0 Å². The number of ether oxygens (including phenoxy) is 1.